The summed E-state index contributed by atoms with van der Waals surface area (Å²) in [5.41, 5.74) is 1.57. The van der Waals surface area contributed by atoms with Crippen LogP contribution in [-0.2, 0) is 11.2 Å². The minimum Gasteiger partial charge on any atom is -0.361 e. The first-order chi connectivity index (χ1) is 9.95. The first-order valence-corrected chi connectivity index (χ1v) is 8.43. The molecule has 0 bridgehead atoms. The molecule has 6 nitrogen and oxygen atoms in total. The van der Waals surface area contributed by atoms with E-state index in [1.54, 1.807) is 18.7 Å². The Morgan fingerprint density at radius 2 is 2.14 bits per heavy atom. The van der Waals surface area contributed by atoms with Crippen LogP contribution >= 0.6 is 23.1 Å². The summed E-state index contributed by atoms with van der Waals surface area (Å²) < 4.78 is 5.92. The molecule has 21 heavy (non-hydrogen) atoms. The van der Waals surface area contributed by atoms with Gasteiger partial charge in [-0.25, -0.2) is 0 Å². The van der Waals surface area contributed by atoms with Gasteiger partial charge in [0.25, 0.3) is 0 Å². The lowest BCUT2D eigenvalue weighted by molar-refractivity contribution is -0.115. The summed E-state index contributed by atoms with van der Waals surface area (Å²) in [6.45, 7) is 7.93. The average molecular weight is 326 g/mol. The largest absolute Gasteiger partial charge is 0.361 e. The summed E-state index contributed by atoms with van der Waals surface area (Å²) in [6, 6.07) is 0. The Kier molecular flexibility index (Phi) is 5.35. The van der Waals surface area contributed by atoms with Crippen LogP contribution in [0, 0.1) is 19.8 Å². The fourth-order valence-corrected chi connectivity index (χ4v) is 3.38. The Hall–Kier alpha value is -1.41. The average Bonchev–Trinajstić information content (AvgIpc) is 2.98. The molecule has 0 saturated heterocycles. The van der Waals surface area contributed by atoms with Gasteiger partial charge in [-0.1, -0.05) is 42.1 Å². The van der Waals surface area contributed by atoms with Gasteiger partial charge in [-0.15, -0.1) is 10.2 Å². The maximum Gasteiger partial charge on any atom is 0.230 e. The molecule has 0 fully saturated rings. The van der Waals surface area contributed by atoms with Crippen molar-refractivity contribution in [3.05, 3.63) is 17.0 Å². The van der Waals surface area contributed by atoms with E-state index < -0.39 is 0 Å². The van der Waals surface area contributed by atoms with Crippen LogP contribution in [0.2, 0.25) is 0 Å². The van der Waals surface area contributed by atoms with E-state index in [9.17, 15) is 4.79 Å². The predicted molar refractivity (Wildman–Crippen MR) is 83.8 cm³/mol. The third-order valence-electron chi connectivity index (χ3n) is 2.71. The highest BCUT2D eigenvalue weighted by Crippen LogP contribution is 2.27. The van der Waals surface area contributed by atoms with Crippen molar-refractivity contribution in [3.8, 4) is 0 Å². The Bertz CT molecular complexity index is 602. The Labute approximate surface area is 131 Å². The van der Waals surface area contributed by atoms with Crippen molar-refractivity contribution in [3.63, 3.8) is 0 Å². The summed E-state index contributed by atoms with van der Waals surface area (Å²) in [5.74, 6) is 2.12. The van der Waals surface area contributed by atoms with Gasteiger partial charge in [-0.3, -0.25) is 4.79 Å². The smallest absolute Gasteiger partial charge is 0.230 e. The number of rotatable bonds is 6. The van der Waals surface area contributed by atoms with Gasteiger partial charge in [0.2, 0.25) is 11.0 Å². The zero-order chi connectivity index (χ0) is 15.4. The van der Waals surface area contributed by atoms with Gasteiger partial charge in [-0.2, -0.15) is 0 Å². The standard InChI is InChI=1S/C13H18N4O2S2/c1-7(2)6-20-13-16-15-12(21-13)14-11(18)5-10-8(3)17-19-9(10)4/h7H,5-6H2,1-4H3,(H,14,15,18). The van der Waals surface area contributed by atoms with Crippen LogP contribution in [0.3, 0.4) is 0 Å². The molecule has 8 heteroatoms. The monoisotopic (exact) mass is 326 g/mol. The van der Waals surface area contributed by atoms with Crippen LogP contribution < -0.4 is 5.32 Å². The Balaban J connectivity index is 1.91. The zero-order valence-electron chi connectivity index (χ0n) is 12.5. The van der Waals surface area contributed by atoms with Crippen molar-refractivity contribution in [1.82, 2.24) is 15.4 Å². The fraction of sp³-hybridized carbons (Fsp3) is 0.538. The van der Waals surface area contributed by atoms with Gasteiger partial charge in [-0.05, 0) is 19.8 Å². The number of carbonyl (C=O) groups is 1. The van der Waals surface area contributed by atoms with Crippen LogP contribution in [0.4, 0.5) is 5.13 Å². The number of hydrogen-bond donors (Lipinski definition) is 1. The zero-order valence-corrected chi connectivity index (χ0v) is 14.1. The van der Waals surface area contributed by atoms with Gasteiger partial charge in [0.1, 0.15) is 5.76 Å². The Morgan fingerprint density at radius 1 is 1.38 bits per heavy atom. The highest BCUT2D eigenvalue weighted by Gasteiger charge is 2.15. The number of aryl methyl sites for hydroxylation is 2. The molecular formula is C13H18N4O2S2. The van der Waals surface area contributed by atoms with Crippen LogP contribution in [0.25, 0.3) is 0 Å². The highest BCUT2D eigenvalue weighted by molar-refractivity contribution is 8.01. The second-order valence-corrected chi connectivity index (χ2v) is 7.35. The first-order valence-electron chi connectivity index (χ1n) is 6.63. The molecule has 0 spiro atoms. The molecule has 2 heterocycles. The molecule has 0 unspecified atom stereocenters. The van der Waals surface area contributed by atoms with E-state index in [0.717, 1.165) is 21.3 Å². The van der Waals surface area contributed by atoms with Gasteiger partial charge < -0.3 is 9.84 Å². The number of nitrogens with one attached hydrogen (secondary N) is 1. The maximum atomic E-state index is 12.0. The number of anilines is 1. The summed E-state index contributed by atoms with van der Waals surface area (Å²) in [7, 11) is 0. The van der Waals surface area contributed by atoms with E-state index in [1.165, 1.54) is 11.3 Å². The molecular weight excluding hydrogens is 308 g/mol. The molecule has 1 amide bonds. The normalized spacial score (nSPS) is 11.1. The summed E-state index contributed by atoms with van der Waals surface area (Å²) in [6.07, 6.45) is 0.231. The number of carbonyl (C=O) groups excluding carboxylic acids is 1. The quantitative estimate of drug-likeness (QED) is 0.649. The minimum absolute atomic E-state index is 0.138. The van der Waals surface area contributed by atoms with Gasteiger partial charge >= 0.3 is 0 Å². The van der Waals surface area contributed by atoms with E-state index in [0.29, 0.717) is 16.8 Å². The van der Waals surface area contributed by atoms with Gasteiger partial charge in [0.05, 0.1) is 12.1 Å². The third-order valence-corrected chi connectivity index (χ3v) is 5.11. The minimum atomic E-state index is -0.138. The molecule has 0 aliphatic heterocycles. The molecule has 0 aromatic carbocycles. The second kappa shape index (κ2) is 7.04. The van der Waals surface area contributed by atoms with Crippen molar-refractivity contribution in [1.29, 1.82) is 0 Å². The molecule has 2 rings (SSSR count). The molecule has 0 aliphatic carbocycles. The van der Waals surface area contributed by atoms with Crippen molar-refractivity contribution in [2.24, 2.45) is 5.92 Å². The second-order valence-electron chi connectivity index (χ2n) is 5.11. The number of hydrogen-bond acceptors (Lipinski definition) is 7. The number of nitrogens with zero attached hydrogens (tertiary/aromatic N) is 3. The van der Waals surface area contributed by atoms with E-state index in [-0.39, 0.29) is 12.3 Å². The topological polar surface area (TPSA) is 80.9 Å². The highest BCUT2D eigenvalue weighted by atomic mass is 32.2. The number of thioether (sulfide) groups is 1. The van der Waals surface area contributed by atoms with Crippen LogP contribution in [0.15, 0.2) is 8.86 Å². The molecule has 0 aliphatic rings. The SMILES string of the molecule is Cc1noc(C)c1CC(=O)Nc1nnc(SCC(C)C)s1. The van der Waals surface area contributed by atoms with E-state index in [1.807, 2.05) is 6.92 Å². The van der Waals surface area contributed by atoms with Crippen molar-refractivity contribution < 1.29 is 9.32 Å². The summed E-state index contributed by atoms with van der Waals surface area (Å²) >= 11 is 3.05. The Morgan fingerprint density at radius 3 is 2.76 bits per heavy atom. The lowest BCUT2D eigenvalue weighted by Gasteiger charge is -2.00. The molecule has 114 valence electrons. The van der Waals surface area contributed by atoms with E-state index >= 15 is 0 Å². The summed E-state index contributed by atoms with van der Waals surface area (Å²) in [4.78, 5) is 12.0. The molecule has 0 saturated carbocycles. The van der Waals surface area contributed by atoms with Crippen LogP contribution in [0.5, 0.6) is 0 Å². The molecule has 2 aromatic rings. The van der Waals surface area contributed by atoms with Crippen molar-refractivity contribution >= 4 is 34.1 Å². The number of amides is 1. The lowest BCUT2D eigenvalue weighted by atomic mass is 10.1. The van der Waals surface area contributed by atoms with Crippen molar-refractivity contribution in [2.75, 3.05) is 11.1 Å². The van der Waals surface area contributed by atoms with Crippen LogP contribution in [0.1, 0.15) is 30.9 Å². The fourth-order valence-electron chi connectivity index (χ4n) is 1.63. The van der Waals surface area contributed by atoms with Gasteiger partial charge in [0, 0.05) is 11.3 Å². The van der Waals surface area contributed by atoms with Crippen LogP contribution in [-0.4, -0.2) is 27.0 Å². The van der Waals surface area contributed by atoms with E-state index in [4.69, 9.17) is 4.52 Å². The molecule has 0 radical (unpaired) electrons. The molecule has 1 N–H and O–H groups in total. The summed E-state index contributed by atoms with van der Waals surface area (Å²) in [5, 5.41) is 15.2. The number of aromatic nitrogens is 3. The predicted octanol–water partition coefficient (Wildman–Crippen LogP) is 3.07. The third kappa shape index (κ3) is 4.53. The van der Waals surface area contributed by atoms with E-state index in [2.05, 4.69) is 34.5 Å². The lowest BCUT2D eigenvalue weighted by Crippen LogP contribution is -2.15. The van der Waals surface area contributed by atoms with Crippen molar-refractivity contribution in [2.45, 2.75) is 38.5 Å². The molecule has 2 aromatic heterocycles. The maximum absolute atomic E-state index is 12.0. The van der Waals surface area contributed by atoms with Gasteiger partial charge in [0.15, 0.2) is 4.34 Å². The first kappa shape index (κ1) is 16.0. The molecule has 0 atom stereocenters.